The molecule has 0 radical (unpaired) electrons. The van der Waals surface area contributed by atoms with Crippen LogP contribution in [0.5, 0.6) is 0 Å². The quantitative estimate of drug-likeness (QED) is 0.238. The molecule has 2 N–H and O–H groups in total. The summed E-state index contributed by atoms with van der Waals surface area (Å²) >= 11 is 0. The number of alkyl carbamates (subject to hydrolysis) is 1. The summed E-state index contributed by atoms with van der Waals surface area (Å²) in [7, 11) is 1.91. The van der Waals surface area contributed by atoms with E-state index >= 15 is 0 Å². The van der Waals surface area contributed by atoms with E-state index in [2.05, 4.69) is 10.6 Å². The molecule has 43 heavy (non-hydrogen) atoms. The molecule has 0 bridgehead atoms. The van der Waals surface area contributed by atoms with Crippen LogP contribution in [0, 0.1) is 0 Å². The Bertz CT molecular complexity index is 1420. The summed E-state index contributed by atoms with van der Waals surface area (Å²) in [6.45, 7) is 10.4. The Morgan fingerprint density at radius 1 is 0.814 bits per heavy atom. The number of nitrogens with zero attached hydrogens (tertiary/aromatic N) is 1. The number of carbonyl (C=O) groups excluding carboxylic acids is 4. The number of carbonyl (C=O) groups is 4. The summed E-state index contributed by atoms with van der Waals surface area (Å²) in [5, 5.41) is 6.26. The molecule has 3 rings (SSSR count). The third-order valence-corrected chi connectivity index (χ3v) is 6.29. The minimum absolute atomic E-state index is 0.0276. The highest BCUT2D eigenvalue weighted by molar-refractivity contribution is 5.91. The molecule has 0 aliphatic carbocycles. The van der Waals surface area contributed by atoms with Crippen LogP contribution in [0.15, 0.2) is 60.8 Å². The zero-order chi connectivity index (χ0) is 31.8. The van der Waals surface area contributed by atoms with Gasteiger partial charge in [-0.3, -0.25) is 9.59 Å². The SMILES string of the molecule is Cn1cc(C[C@@H](NC(=O)C(CCC(=O)OC(C)(C)C)NC(=O)OC(C)(C)C)C(=O)OCc2ccccc2)c2ccccc21. The van der Waals surface area contributed by atoms with E-state index in [1.54, 1.807) is 41.5 Å². The Morgan fingerprint density at radius 2 is 1.44 bits per heavy atom. The summed E-state index contributed by atoms with van der Waals surface area (Å²) in [5.74, 6) is -1.81. The molecule has 0 aliphatic heterocycles. The van der Waals surface area contributed by atoms with Gasteiger partial charge in [-0.2, -0.15) is 0 Å². The van der Waals surface area contributed by atoms with Gasteiger partial charge in [-0.1, -0.05) is 48.5 Å². The first-order chi connectivity index (χ1) is 20.1. The van der Waals surface area contributed by atoms with Crippen molar-refractivity contribution < 1.29 is 33.4 Å². The number of nitrogens with one attached hydrogen (secondary N) is 2. The van der Waals surface area contributed by atoms with E-state index in [-0.39, 0.29) is 25.9 Å². The van der Waals surface area contributed by atoms with Gasteiger partial charge in [0, 0.05) is 37.0 Å². The number of fused-ring (bicyclic) bond motifs is 1. The molecule has 0 aliphatic rings. The Labute approximate surface area is 253 Å². The average molecular weight is 594 g/mol. The molecule has 1 unspecified atom stereocenters. The van der Waals surface area contributed by atoms with Crippen molar-refractivity contribution in [1.82, 2.24) is 15.2 Å². The first-order valence-corrected chi connectivity index (χ1v) is 14.4. The number of ether oxygens (including phenoxy) is 3. The Balaban J connectivity index is 1.84. The second-order valence-electron chi connectivity index (χ2n) is 12.5. The zero-order valence-electron chi connectivity index (χ0n) is 26.1. The average Bonchev–Trinajstić information content (AvgIpc) is 3.22. The van der Waals surface area contributed by atoms with Gasteiger partial charge in [0.1, 0.15) is 29.9 Å². The van der Waals surface area contributed by atoms with Gasteiger partial charge in [0.25, 0.3) is 0 Å². The minimum atomic E-state index is -1.18. The molecule has 10 nitrogen and oxygen atoms in total. The molecule has 0 saturated carbocycles. The molecule has 3 aromatic rings. The highest BCUT2D eigenvalue weighted by Gasteiger charge is 2.31. The van der Waals surface area contributed by atoms with Crippen LogP contribution in [0.1, 0.15) is 65.5 Å². The summed E-state index contributed by atoms with van der Waals surface area (Å²) in [6, 6.07) is 14.7. The van der Waals surface area contributed by atoms with Crippen molar-refractivity contribution in [2.24, 2.45) is 7.05 Å². The number of hydrogen-bond acceptors (Lipinski definition) is 7. The number of amides is 2. The van der Waals surface area contributed by atoms with Gasteiger partial charge in [-0.15, -0.1) is 0 Å². The van der Waals surface area contributed by atoms with Crippen LogP contribution in [0.25, 0.3) is 10.9 Å². The van der Waals surface area contributed by atoms with Gasteiger partial charge in [-0.05, 0) is 65.2 Å². The molecular formula is C33H43N3O7. The molecule has 1 heterocycles. The van der Waals surface area contributed by atoms with Crippen LogP contribution in [-0.4, -0.2) is 51.8 Å². The third kappa shape index (κ3) is 10.8. The zero-order valence-corrected chi connectivity index (χ0v) is 26.1. The molecular weight excluding hydrogens is 550 g/mol. The van der Waals surface area contributed by atoms with Crippen LogP contribution in [-0.2, 0) is 48.7 Å². The first kappa shape index (κ1) is 33.2. The second kappa shape index (κ2) is 14.2. The van der Waals surface area contributed by atoms with E-state index in [0.717, 1.165) is 22.0 Å². The number of para-hydroxylation sites is 1. The van der Waals surface area contributed by atoms with Crippen molar-refractivity contribution in [3.05, 3.63) is 71.9 Å². The minimum Gasteiger partial charge on any atom is -0.460 e. The van der Waals surface area contributed by atoms with E-state index in [0.29, 0.717) is 0 Å². The van der Waals surface area contributed by atoms with Crippen molar-refractivity contribution >= 4 is 34.8 Å². The van der Waals surface area contributed by atoms with Gasteiger partial charge >= 0.3 is 18.0 Å². The number of hydrogen-bond donors (Lipinski definition) is 2. The van der Waals surface area contributed by atoms with Crippen LogP contribution < -0.4 is 10.6 Å². The van der Waals surface area contributed by atoms with Crippen molar-refractivity contribution in [1.29, 1.82) is 0 Å². The van der Waals surface area contributed by atoms with E-state index in [1.807, 2.05) is 72.4 Å². The number of rotatable bonds is 11. The lowest BCUT2D eigenvalue weighted by molar-refractivity contribution is -0.155. The summed E-state index contributed by atoms with van der Waals surface area (Å²) in [4.78, 5) is 52.2. The fraction of sp³-hybridized carbons (Fsp3) is 0.455. The van der Waals surface area contributed by atoms with E-state index in [1.165, 1.54) is 0 Å². The van der Waals surface area contributed by atoms with Crippen molar-refractivity contribution in [3.63, 3.8) is 0 Å². The highest BCUT2D eigenvalue weighted by Crippen LogP contribution is 2.22. The van der Waals surface area contributed by atoms with Crippen molar-refractivity contribution in [2.75, 3.05) is 0 Å². The fourth-order valence-electron chi connectivity index (χ4n) is 4.48. The predicted octanol–water partition coefficient (Wildman–Crippen LogP) is 4.96. The van der Waals surface area contributed by atoms with Crippen molar-refractivity contribution in [3.8, 4) is 0 Å². The van der Waals surface area contributed by atoms with Gasteiger partial charge in [0.2, 0.25) is 5.91 Å². The molecule has 232 valence electrons. The maximum absolute atomic E-state index is 13.6. The summed E-state index contributed by atoms with van der Waals surface area (Å²) in [6.07, 6.45) is 1.02. The van der Waals surface area contributed by atoms with Gasteiger partial charge in [-0.25, -0.2) is 9.59 Å². The third-order valence-electron chi connectivity index (χ3n) is 6.29. The number of aryl methyl sites for hydroxylation is 1. The fourth-order valence-corrected chi connectivity index (χ4v) is 4.48. The molecule has 2 atom stereocenters. The van der Waals surface area contributed by atoms with Gasteiger partial charge in [0.05, 0.1) is 0 Å². The number of benzene rings is 2. The maximum atomic E-state index is 13.6. The monoisotopic (exact) mass is 593 g/mol. The Hall–Kier alpha value is -4.34. The lowest BCUT2D eigenvalue weighted by atomic mass is 10.0. The maximum Gasteiger partial charge on any atom is 0.408 e. The predicted molar refractivity (Wildman–Crippen MR) is 163 cm³/mol. The molecule has 0 fully saturated rings. The normalized spacial score (nSPS) is 13.1. The number of aromatic nitrogens is 1. The molecule has 0 spiro atoms. The van der Waals surface area contributed by atoms with Crippen LogP contribution >= 0.6 is 0 Å². The molecule has 2 aromatic carbocycles. The smallest absolute Gasteiger partial charge is 0.408 e. The van der Waals surface area contributed by atoms with E-state index in [9.17, 15) is 19.2 Å². The van der Waals surface area contributed by atoms with Gasteiger partial charge < -0.3 is 29.4 Å². The summed E-state index contributed by atoms with van der Waals surface area (Å²) < 4.78 is 18.3. The lowest BCUT2D eigenvalue weighted by Crippen LogP contribution is -2.53. The van der Waals surface area contributed by atoms with Crippen LogP contribution in [0.2, 0.25) is 0 Å². The highest BCUT2D eigenvalue weighted by atomic mass is 16.6. The van der Waals surface area contributed by atoms with Crippen LogP contribution in [0.4, 0.5) is 4.79 Å². The lowest BCUT2D eigenvalue weighted by Gasteiger charge is -2.25. The first-order valence-electron chi connectivity index (χ1n) is 14.4. The van der Waals surface area contributed by atoms with Crippen molar-refractivity contribution in [2.45, 2.75) is 90.7 Å². The molecule has 2 amide bonds. The van der Waals surface area contributed by atoms with E-state index in [4.69, 9.17) is 14.2 Å². The summed E-state index contributed by atoms with van der Waals surface area (Å²) in [5.41, 5.74) is 1.09. The van der Waals surface area contributed by atoms with Crippen LogP contribution in [0.3, 0.4) is 0 Å². The standard InChI is InChI=1S/C33H43N3O7/c1-32(2,3)42-28(37)18-17-25(35-31(40)43-33(4,5)6)29(38)34-26(30(39)41-21-22-13-9-8-10-14-22)19-23-20-36(7)27-16-12-11-15-24(23)27/h8-16,20,25-26H,17-19,21H2,1-7H3,(H,34,38)(H,35,40)/t25?,26-/m1/s1. The molecule has 10 heteroatoms. The molecule has 0 saturated heterocycles. The largest absolute Gasteiger partial charge is 0.460 e. The topological polar surface area (TPSA) is 125 Å². The number of esters is 2. The van der Waals surface area contributed by atoms with Gasteiger partial charge in [0.15, 0.2) is 0 Å². The second-order valence-corrected chi connectivity index (χ2v) is 12.5. The van der Waals surface area contributed by atoms with E-state index < -0.39 is 47.2 Å². The molecule has 1 aromatic heterocycles. The Kier molecular flexibility index (Phi) is 11.0. The Morgan fingerprint density at radius 3 is 2.09 bits per heavy atom.